The normalized spacial score (nSPS) is 15.3. The lowest BCUT2D eigenvalue weighted by atomic mass is 10.0. The highest BCUT2D eigenvalue weighted by atomic mass is 79.9. The van der Waals surface area contributed by atoms with Crippen LogP contribution in [0.15, 0.2) is 16.6 Å². The van der Waals surface area contributed by atoms with Crippen molar-refractivity contribution in [2.75, 3.05) is 19.8 Å². The van der Waals surface area contributed by atoms with Crippen LogP contribution in [0.25, 0.3) is 0 Å². The Balaban J connectivity index is 2.24. The van der Waals surface area contributed by atoms with Gasteiger partial charge in [0, 0.05) is 18.7 Å². The van der Waals surface area contributed by atoms with E-state index in [2.05, 4.69) is 15.9 Å². The van der Waals surface area contributed by atoms with Crippen molar-refractivity contribution in [2.24, 2.45) is 0 Å². The fraction of sp³-hybridized carbons (Fsp3) is 0.417. The molecule has 92 valence electrons. The molecule has 1 aromatic rings. The van der Waals surface area contributed by atoms with Crippen molar-refractivity contribution < 1.29 is 14.3 Å². The van der Waals surface area contributed by atoms with Crippen LogP contribution in [0.5, 0.6) is 5.75 Å². The number of halogens is 2. The third-order valence-corrected chi connectivity index (χ3v) is 3.72. The lowest BCUT2D eigenvalue weighted by molar-refractivity contribution is -0.132. The molecule has 0 radical (unpaired) electrons. The number of benzene rings is 1. The molecule has 1 aliphatic rings. The van der Waals surface area contributed by atoms with E-state index < -0.39 is 12.6 Å². The van der Waals surface area contributed by atoms with E-state index in [-0.39, 0.29) is 5.75 Å². The molecule has 1 aromatic carbocycles. The second-order valence-electron chi connectivity index (χ2n) is 4.05. The predicted molar refractivity (Wildman–Crippen MR) is 65.8 cm³/mol. The third kappa shape index (κ3) is 2.44. The van der Waals surface area contributed by atoms with Crippen LogP contribution in [0.4, 0.5) is 4.39 Å². The third-order valence-electron chi connectivity index (χ3n) is 3.08. The van der Waals surface area contributed by atoms with Crippen molar-refractivity contribution in [3.8, 4) is 5.75 Å². The number of amides is 1. The Morgan fingerprint density at radius 3 is 2.82 bits per heavy atom. The summed E-state index contributed by atoms with van der Waals surface area (Å²) in [5, 5.41) is 9.93. The van der Waals surface area contributed by atoms with E-state index >= 15 is 0 Å². The van der Waals surface area contributed by atoms with Crippen LogP contribution >= 0.6 is 15.9 Å². The topological polar surface area (TPSA) is 40.5 Å². The van der Waals surface area contributed by atoms with Gasteiger partial charge in [-0.25, -0.2) is 4.39 Å². The van der Waals surface area contributed by atoms with Gasteiger partial charge in [-0.2, -0.15) is 0 Å². The minimum Gasteiger partial charge on any atom is -0.506 e. The lowest BCUT2D eigenvalue weighted by Crippen LogP contribution is -2.34. The van der Waals surface area contributed by atoms with Crippen molar-refractivity contribution in [3.63, 3.8) is 0 Å². The molecule has 0 aromatic heterocycles. The molecule has 1 amide bonds. The number of aromatic hydroxyl groups is 1. The van der Waals surface area contributed by atoms with Crippen molar-refractivity contribution in [1.82, 2.24) is 4.90 Å². The van der Waals surface area contributed by atoms with Crippen molar-refractivity contribution >= 4 is 21.8 Å². The molecule has 17 heavy (non-hydrogen) atoms. The number of nitrogens with zero attached hydrogens (tertiary/aromatic N) is 1. The smallest absolute Gasteiger partial charge is 0.253 e. The summed E-state index contributed by atoms with van der Waals surface area (Å²) in [5.74, 6) is -0.242. The minimum atomic E-state index is -0.952. The number of hydrogen-bond donors (Lipinski definition) is 1. The highest BCUT2D eigenvalue weighted by Gasteiger charge is 2.20. The quantitative estimate of drug-likeness (QED) is 0.862. The number of phenols is 1. The molecule has 1 N–H and O–H groups in total. The first-order chi connectivity index (χ1) is 8.13. The second kappa shape index (κ2) is 5.04. The molecule has 0 unspecified atom stereocenters. The van der Waals surface area contributed by atoms with Gasteiger partial charge in [-0.1, -0.05) is 6.07 Å². The maximum Gasteiger partial charge on any atom is 0.253 e. The van der Waals surface area contributed by atoms with Gasteiger partial charge in [0.1, 0.15) is 5.75 Å². The summed E-state index contributed by atoms with van der Waals surface area (Å²) in [4.78, 5) is 12.8. The van der Waals surface area contributed by atoms with Crippen molar-refractivity contribution in [2.45, 2.75) is 12.8 Å². The Morgan fingerprint density at radius 2 is 2.12 bits per heavy atom. The molecule has 0 bridgehead atoms. The van der Waals surface area contributed by atoms with Gasteiger partial charge in [0.15, 0.2) is 6.67 Å². The van der Waals surface area contributed by atoms with Crippen molar-refractivity contribution in [3.05, 3.63) is 27.7 Å². The van der Waals surface area contributed by atoms with Crippen LogP contribution in [0.3, 0.4) is 0 Å². The monoisotopic (exact) mass is 301 g/mol. The van der Waals surface area contributed by atoms with Crippen molar-refractivity contribution in [1.29, 1.82) is 0 Å². The van der Waals surface area contributed by atoms with E-state index in [9.17, 15) is 14.3 Å². The fourth-order valence-electron chi connectivity index (χ4n) is 2.11. The fourth-order valence-corrected chi connectivity index (χ4v) is 2.48. The number of carbonyl (C=O) groups excluding carboxylic acids is 1. The van der Waals surface area contributed by atoms with Gasteiger partial charge in [-0.3, -0.25) is 4.79 Å². The maximum atomic E-state index is 12.3. The van der Waals surface area contributed by atoms with Gasteiger partial charge in [0.05, 0.1) is 4.47 Å². The molecule has 1 heterocycles. The highest BCUT2D eigenvalue weighted by molar-refractivity contribution is 9.10. The number of hydrogen-bond acceptors (Lipinski definition) is 2. The summed E-state index contributed by atoms with van der Waals surface area (Å²) >= 11 is 3.27. The van der Waals surface area contributed by atoms with Gasteiger partial charge in [0.2, 0.25) is 0 Å². The molecule has 2 rings (SSSR count). The first-order valence-electron chi connectivity index (χ1n) is 5.46. The molecule has 0 saturated carbocycles. The Bertz CT molecular complexity index is 450. The Hall–Kier alpha value is -1.10. The number of alkyl halides is 1. The van der Waals surface area contributed by atoms with E-state index in [1.54, 1.807) is 6.07 Å². The molecule has 0 spiro atoms. The summed E-state index contributed by atoms with van der Waals surface area (Å²) in [6.07, 6.45) is 1.22. The molecular formula is C12H13BrFNO2. The largest absolute Gasteiger partial charge is 0.506 e. The lowest BCUT2D eigenvalue weighted by Gasteiger charge is -2.18. The molecule has 0 atom stereocenters. The molecule has 5 heteroatoms. The highest BCUT2D eigenvalue weighted by Crippen LogP contribution is 2.32. The van der Waals surface area contributed by atoms with Gasteiger partial charge in [-0.15, -0.1) is 0 Å². The van der Waals surface area contributed by atoms with Crippen LogP contribution in [0.2, 0.25) is 0 Å². The van der Waals surface area contributed by atoms with E-state index in [0.29, 0.717) is 30.4 Å². The van der Waals surface area contributed by atoms with Crippen LogP contribution < -0.4 is 0 Å². The summed E-state index contributed by atoms with van der Waals surface area (Å²) < 4.78 is 13.0. The zero-order valence-corrected chi connectivity index (χ0v) is 10.8. The Kier molecular flexibility index (Phi) is 3.66. The summed E-state index contributed by atoms with van der Waals surface area (Å²) in [6, 6.07) is 3.73. The van der Waals surface area contributed by atoms with Gasteiger partial charge in [-0.05, 0) is 40.4 Å². The summed E-state index contributed by atoms with van der Waals surface area (Å²) in [6.45, 7) is 0.0165. The van der Waals surface area contributed by atoms with Crippen LogP contribution in [-0.4, -0.2) is 35.7 Å². The maximum absolute atomic E-state index is 12.3. The molecular weight excluding hydrogens is 289 g/mol. The predicted octanol–water partition coefficient (Wildman–Crippen LogP) is 2.05. The zero-order chi connectivity index (χ0) is 12.4. The Labute approximate surface area is 107 Å². The molecule has 1 aliphatic heterocycles. The minimum absolute atomic E-state index is 0.233. The molecule has 3 nitrogen and oxygen atoms in total. The number of fused-ring (bicyclic) bond motifs is 1. The van der Waals surface area contributed by atoms with E-state index in [1.165, 1.54) is 4.90 Å². The van der Waals surface area contributed by atoms with Gasteiger partial charge < -0.3 is 10.0 Å². The first-order valence-corrected chi connectivity index (χ1v) is 6.25. The zero-order valence-electron chi connectivity index (χ0n) is 9.25. The first kappa shape index (κ1) is 12.4. The van der Waals surface area contributed by atoms with Gasteiger partial charge in [0.25, 0.3) is 5.91 Å². The number of phenolic OH excluding ortho intramolecular Hbond substituents is 1. The van der Waals surface area contributed by atoms with E-state index in [0.717, 1.165) is 11.1 Å². The summed E-state index contributed by atoms with van der Waals surface area (Å²) in [5.41, 5.74) is 1.88. The van der Waals surface area contributed by atoms with E-state index in [4.69, 9.17) is 0 Å². The average Bonchev–Trinajstić information content (AvgIpc) is 2.56. The van der Waals surface area contributed by atoms with Gasteiger partial charge >= 0.3 is 0 Å². The van der Waals surface area contributed by atoms with Crippen LogP contribution in [0.1, 0.15) is 11.1 Å². The van der Waals surface area contributed by atoms with Crippen LogP contribution in [0, 0.1) is 0 Å². The second-order valence-corrected chi connectivity index (χ2v) is 4.90. The average molecular weight is 302 g/mol. The SMILES string of the molecule is O=C(CF)N1CCc2ccc(Br)c(O)c2CC1. The Morgan fingerprint density at radius 1 is 1.41 bits per heavy atom. The molecule has 0 aliphatic carbocycles. The number of carbonyl (C=O) groups is 1. The number of rotatable bonds is 1. The van der Waals surface area contributed by atoms with E-state index in [1.807, 2.05) is 6.07 Å². The molecule has 0 saturated heterocycles. The summed E-state index contributed by atoms with van der Waals surface area (Å²) in [7, 11) is 0. The standard InChI is InChI=1S/C12H13BrFNO2/c13-10-2-1-8-3-5-15(11(16)7-14)6-4-9(8)12(10)17/h1-2,17H,3-7H2. The molecule has 0 fully saturated rings. The van der Waals surface area contributed by atoms with Crippen LogP contribution in [-0.2, 0) is 17.6 Å².